The molecule has 2 fully saturated rings. The highest BCUT2D eigenvalue weighted by Gasteiger charge is 2.40. The molecule has 8 nitrogen and oxygen atoms in total. The van der Waals surface area contributed by atoms with Gasteiger partial charge in [-0.05, 0) is 120 Å². The van der Waals surface area contributed by atoms with Gasteiger partial charge in [-0.1, -0.05) is 29.8 Å². The van der Waals surface area contributed by atoms with Crippen molar-refractivity contribution in [2.45, 2.75) is 95.1 Å². The molecule has 3 N–H and O–H groups in total. The van der Waals surface area contributed by atoms with Crippen LogP contribution in [0.4, 0.5) is 23.1 Å². The molecule has 10 heteroatoms. The van der Waals surface area contributed by atoms with E-state index >= 15 is 0 Å². The van der Waals surface area contributed by atoms with E-state index in [1.54, 1.807) is 38.1 Å². The fraction of sp³-hybridized carbons (Fsp3) is 0.471. The van der Waals surface area contributed by atoms with Crippen molar-refractivity contribution < 1.29 is 13.2 Å². The molecule has 2 aromatic carbocycles. The maximum absolute atomic E-state index is 13.0. The SMILES string of the molecule is Cc1cc(Nc2ncc(Cl)c(Nc3ccccc3S(=O)(=O)C(C)C)n2)c(OC(C)C)cc1C1=CC(C2CC2)N[C@@H](C2CC2)C1. The molecule has 3 aliphatic rings. The quantitative estimate of drug-likeness (QED) is 0.196. The van der Waals surface area contributed by atoms with Crippen LogP contribution in [0.2, 0.25) is 5.02 Å². The second-order valence-corrected chi connectivity index (χ2v) is 15.8. The fourth-order valence-corrected chi connectivity index (χ4v) is 7.26. The number of benzene rings is 2. The second-order valence-electron chi connectivity index (χ2n) is 12.9. The Hall–Kier alpha value is -3.14. The molecule has 0 bridgehead atoms. The van der Waals surface area contributed by atoms with Crippen molar-refractivity contribution in [3.05, 3.63) is 64.8 Å². The third-order valence-corrected chi connectivity index (χ3v) is 11.1. The number of hydrogen-bond acceptors (Lipinski definition) is 8. The number of anilines is 4. The summed E-state index contributed by atoms with van der Waals surface area (Å²) < 4.78 is 32.3. The maximum Gasteiger partial charge on any atom is 0.229 e. The van der Waals surface area contributed by atoms with Gasteiger partial charge in [0, 0.05) is 12.1 Å². The van der Waals surface area contributed by atoms with E-state index < -0.39 is 15.1 Å². The summed E-state index contributed by atoms with van der Waals surface area (Å²) in [6.45, 7) is 9.50. The number of sulfone groups is 1. The number of aromatic nitrogens is 2. The Labute approximate surface area is 266 Å². The van der Waals surface area contributed by atoms with Gasteiger partial charge in [0.2, 0.25) is 5.95 Å². The molecule has 0 amide bonds. The fourth-order valence-electron chi connectivity index (χ4n) is 5.92. The Morgan fingerprint density at radius 1 is 1.00 bits per heavy atom. The van der Waals surface area contributed by atoms with Crippen LogP contribution >= 0.6 is 11.6 Å². The maximum atomic E-state index is 13.0. The molecule has 1 aromatic heterocycles. The average molecular weight is 636 g/mol. The average Bonchev–Trinajstić information content (AvgIpc) is 3.89. The minimum Gasteiger partial charge on any atom is -0.489 e. The highest BCUT2D eigenvalue weighted by molar-refractivity contribution is 7.92. The molecule has 2 aliphatic carbocycles. The minimum absolute atomic E-state index is 0.0331. The first kappa shape index (κ1) is 30.9. The van der Waals surface area contributed by atoms with Gasteiger partial charge in [0.05, 0.1) is 33.8 Å². The Balaban J connectivity index is 1.30. The van der Waals surface area contributed by atoms with Crippen molar-refractivity contribution in [1.29, 1.82) is 0 Å². The van der Waals surface area contributed by atoms with E-state index in [9.17, 15) is 8.42 Å². The number of nitrogens with zero attached hydrogens (tertiary/aromatic N) is 2. The molecule has 234 valence electrons. The van der Waals surface area contributed by atoms with Gasteiger partial charge >= 0.3 is 0 Å². The largest absolute Gasteiger partial charge is 0.489 e. The molecule has 2 saturated carbocycles. The van der Waals surface area contributed by atoms with E-state index in [2.05, 4.69) is 51.1 Å². The van der Waals surface area contributed by atoms with Crippen LogP contribution in [-0.2, 0) is 9.84 Å². The number of nitrogens with one attached hydrogen (secondary N) is 3. The van der Waals surface area contributed by atoms with Crippen molar-refractivity contribution in [2.75, 3.05) is 10.6 Å². The summed E-state index contributed by atoms with van der Waals surface area (Å²) >= 11 is 6.49. The van der Waals surface area contributed by atoms with Crippen molar-refractivity contribution in [3.63, 3.8) is 0 Å². The number of para-hydroxylation sites is 1. The monoisotopic (exact) mass is 635 g/mol. The van der Waals surface area contributed by atoms with Crippen LogP contribution in [-0.4, -0.2) is 41.8 Å². The number of aryl methyl sites for hydroxylation is 1. The van der Waals surface area contributed by atoms with E-state index in [4.69, 9.17) is 16.3 Å². The van der Waals surface area contributed by atoms with E-state index in [0.29, 0.717) is 29.5 Å². The summed E-state index contributed by atoms with van der Waals surface area (Å²) in [7, 11) is -3.53. The molecular weight excluding hydrogens is 594 g/mol. The summed E-state index contributed by atoms with van der Waals surface area (Å²) in [5.74, 6) is 2.88. The van der Waals surface area contributed by atoms with Crippen molar-refractivity contribution >= 4 is 50.2 Å². The van der Waals surface area contributed by atoms with Gasteiger partial charge in [-0.3, -0.25) is 0 Å². The van der Waals surface area contributed by atoms with Gasteiger partial charge in [0.1, 0.15) is 10.8 Å². The Kier molecular flexibility index (Phi) is 8.65. The predicted octanol–water partition coefficient (Wildman–Crippen LogP) is 7.83. The van der Waals surface area contributed by atoms with Gasteiger partial charge in [0.25, 0.3) is 0 Å². The summed E-state index contributed by atoms with van der Waals surface area (Å²) in [4.78, 5) is 9.25. The lowest BCUT2D eigenvalue weighted by Crippen LogP contribution is -2.43. The number of rotatable bonds is 11. The minimum atomic E-state index is -3.53. The molecule has 3 aromatic rings. The third-order valence-electron chi connectivity index (χ3n) is 8.64. The molecule has 0 radical (unpaired) electrons. The first-order valence-corrected chi connectivity index (χ1v) is 17.6. The zero-order valence-corrected chi connectivity index (χ0v) is 27.6. The van der Waals surface area contributed by atoms with Gasteiger partial charge in [-0.15, -0.1) is 0 Å². The first-order chi connectivity index (χ1) is 21.0. The van der Waals surface area contributed by atoms with Crippen molar-refractivity contribution in [2.24, 2.45) is 11.8 Å². The van der Waals surface area contributed by atoms with Crippen molar-refractivity contribution in [1.82, 2.24) is 15.3 Å². The molecule has 0 saturated heterocycles. The zero-order chi connectivity index (χ0) is 31.2. The summed E-state index contributed by atoms with van der Waals surface area (Å²) in [6.07, 6.45) is 10.2. The lowest BCUT2D eigenvalue weighted by molar-refractivity contribution is 0.243. The first-order valence-electron chi connectivity index (χ1n) is 15.7. The Morgan fingerprint density at radius 2 is 1.73 bits per heavy atom. The highest BCUT2D eigenvalue weighted by atomic mass is 35.5. The van der Waals surface area contributed by atoms with E-state index in [1.165, 1.54) is 43.0 Å². The van der Waals surface area contributed by atoms with E-state index in [1.807, 2.05) is 13.8 Å². The summed E-state index contributed by atoms with van der Waals surface area (Å²) in [5, 5.41) is 10.1. The molecule has 1 aliphatic heterocycles. The van der Waals surface area contributed by atoms with Crippen LogP contribution in [0.25, 0.3) is 5.57 Å². The van der Waals surface area contributed by atoms with Crippen molar-refractivity contribution in [3.8, 4) is 5.75 Å². The lowest BCUT2D eigenvalue weighted by atomic mass is 9.87. The standard InChI is InChI=1S/C34H42ClN5O3S/c1-19(2)43-31-17-25(24-15-28(22-10-11-22)37-29(16-24)23-12-13-23)21(5)14-30(31)39-34-36-18-26(35)33(40-34)38-27-8-6-7-9-32(27)44(41,42)20(3)4/h6-9,14-15,17-20,22-23,28-29,37H,10-13,16H2,1-5H3,(H2,36,38,39,40)/t28?,29-/m1/s1. The smallest absolute Gasteiger partial charge is 0.229 e. The Bertz CT molecular complexity index is 1680. The Morgan fingerprint density at radius 3 is 2.41 bits per heavy atom. The van der Waals surface area contributed by atoms with E-state index in [0.717, 1.165) is 35.3 Å². The van der Waals surface area contributed by atoms with Crippen LogP contribution in [0.15, 0.2) is 53.6 Å². The van der Waals surface area contributed by atoms with Gasteiger partial charge in [-0.2, -0.15) is 4.98 Å². The molecule has 44 heavy (non-hydrogen) atoms. The number of hydrogen-bond donors (Lipinski definition) is 3. The van der Waals surface area contributed by atoms with Crippen LogP contribution in [0.1, 0.15) is 70.9 Å². The van der Waals surface area contributed by atoms with Crippen LogP contribution < -0.4 is 20.7 Å². The highest BCUT2D eigenvalue weighted by Crippen LogP contribution is 2.45. The van der Waals surface area contributed by atoms with Gasteiger partial charge in [0.15, 0.2) is 15.7 Å². The second kappa shape index (κ2) is 12.3. The number of ether oxygens (including phenoxy) is 1. The van der Waals surface area contributed by atoms with E-state index in [-0.39, 0.29) is 16.0 Å². The normalized spacial score (nSPS) is 20.5. The summed E-state index contributed by atoms with van der Waals surface area (Å²) in [6, 6.07) is 12.0. The van der Waals surface area contributed by atoms with Gasteiger partial charge < -0.3 is 20.7 Å². The predicted molar refractivity (Wildman–Crippen MR) is 178 cm³/mol. The summed E-state index contributed by atoms with van der Waals surface area (Å²) in [5.41, 5.74) is 4.94. The van der Waals surface area contributed by atoms with Crippen LogP contribution in [0.3, 0.4) is 0 Å². The number of halogens is 1. The topological polar surface area (TPSA) is 105 Å². The molecular formula is C34H42ClN5O3S. The third kappa shape index (κ3) is 6.75. The lowest BCUT2D eigenvalue weighted by Gasteiger charge is -2.32. The van der Waals surface area contributed by atoms with Gasteiger partial charge in [-0.25, -0.2) is 13.4 Å². The van der Waals surface area contributed by atoms with Crippen LogP contribution in [0, 0.1) is 18.8 Å². The molecule has 6 rings (SSSR count). The molecule has 0 spiro atoms. The molecule has 1 unspecified atom stereocenters. The molecule has 2 heterocycles. The molecule has 2 atom stereocenters. The zero-order valence-electron chi connectivity index (χ0n) is 26.0. The van der Waals surface area contributed by atoms with Crippen LogP contribution in [0.5, 0.6) is 5.75 Å².